The number of rotatable bonds is 4. The fourth-order valence-corrected chi connectivity index (χ4v) is 3.04. The molecule has 0 bridgehead atoms. The number of nitrogens with zero attached hydrogens (tertiary/aromatic N) is 1. The molecule has 1 aliphatic carbocycles. The van der Waals surface area contributed by atoms with Crippen molar-refractivity contribution in [1.29, 1.82) is 0 Å². The number of hydrogen-bond acceptors (Lipinski definition) is 7. The fourth-order valence-electron chi connectivity index (χ4n) is 2.94. The van der Waals surface area contributed by atoms with Gasteiger partial charge in [-0.15, -0.1) is 0 Å². The van der Waals surface area contributed by atoms with Gasteiger partial charge >= 0.3 is 5.97 Å². The summed E-state index contributed by atoms with van der Waals surface area (Å²) in [6, 6.07) is 12.9. The molecule has 8 heteroatoms. The molecule has 29 heavy (non-hydrogen) atoms. The van der Waals surface area contributed by atoms with Gasteiger partial charge in [0.1, 0.15) is 34.2 Å². The Kier molecular flexibility index (Phi) is 4.56. The number of isothiocyanates is 1. The Morgan fingerprint density at radius 2 is 1.93 bits per heavy atom. The van der Waals surface area contributed by atoms with Crippen LogP contribution in [0.2, 0.25) is 0 Å². The van der Waals surface area contributed by atoms with Crippen molar-refractivity contribution >= 4 is 40.0 Å². The van der Waals surface area contributed by atoms with Gasteiger partial charge in [-0.25, -0.2) is 4.79 Å². The molecule has 0 atom stereocenters. The lowest BCUT2D eigenvalue weighted by Crippen LogP contribution is -2.03. The number of aliphatic imine (C=N–C) groups is 1. The number of aromatic hydroxyl groups is 1. The molecule has 0 amide bonds. The molecule has 0 unspecified atom stereocenters. The largest absolute Gasteiger partial charge is 0.508 e. The van der Waals surface area contributed by atoms with Crippen LogP contribution in [0.25, 0.3) is 22.3 Å². The van der Waals surface area contributed by atoms with Gasteiger partial charge in [0, 0.05) is 12.1 Å². The van der Waals surface area contributed by atoms with Gasteiger partial charge in [-0.2, -0.15) is 4.99 Å². The summed E-state index contributed by atoms with van der Waals surface area (Å²) in [6.45, 7) is 0. The van der Waals surface area contributed by atoms with Crippen LogP contribution in [-0.2, 0) is 0 Å². The standard InChI is InChI=1S/C21H11NO6S/c23-12-2-4-14-18(8-12)27-19-9-13(24)3-5-15(19)20(14)28-17-6-1-11(22-10-29)7-16(17)21(25)26/h1-9,23H,(H,25,26). The summed E-state index contributed by atoms with van der Waals surface area (Å²) in [5, 5.41) is 22.0. The minimum Gasteiger partial charge on any atom is -0.508 e. The van der Waals surface area contributed by atoms with Crippen LogP contribution in [0.5, 0.6) is 17.2 Å². The Hall–Kier alpha value is -4.00. The van der Waals surface area contributed by atoms with E-state index in [1.54, 1.807) is 12.1 Å². The number of thiocarbonyl (C=S) groups is 1. The zero-order chi connectivity index (χ0) is 20.5. The maximum absolute atomic E-state index is 11.7. The van der Waals surface area contributed by atoms with E-state index in [9.17, 15) is 19.8 Å². The molecule has 2 aromatic carbocycles. The summed E-state index contributed by atoms with van der Waals surface area (Å²) in [4.78, 5) is 27.3. The normalized spacial score (nSPS) is 10.6. The van der Waals surface area contributed by atoms with Gasteiger partial charge in [0.2, 0.25) is 0 Å². The van der Waals surface area contributed by atoms with Crippen LogP contribution in [0.3, 0.4) is 0 Å². The fraction of sp³-hybridized carbons (Fsp3) is 0. The first-order valence-electron chi connectivity index (χ1n) is 8.29. The van der Waals surface area contributed by atoms with Crippen molar-refractivity contribution in [3.05, 3.63) is 70.4 Å². The first-order chi connectivity index (χ1) is 14.0. The number of carboxylic acid groups (broad SMARTS) is 1. The number of fused-ring (bicyclic) bond motifs is 2. The highest BCUT2D eigenvalue weighted by Crippen LogP contribution is 2.42. The van der Waals surface area contributed by atoms with Crippen molar-refractivity contribution in [2.24, 2.45) is 4.99 Å². The predicted octanol–water partition coefficient (Wildman–Crippen LogP) is 4.83. The van der Waals surface area contributed by atoms with Crippen molar-refractivity contribution in [1.82, 2.24) is 0 Å². The summed E-state index contributed by atoms with van der Waals surface area (Å²) in [6.07, 6.45) is 0. The highest BCUT2D eigenvalue weighted by atomic mass is 32.1. The molecule has 1 heterocycles. The first kappa shape index (κ1) is 18.4. The molecule has 142 valence electrons. The van der Waals surface area contributed by atoms with Gasteiger partial charge in [-0.3, -0.25) is 4.79 Å². The maximum atomic E-state index is 11.7. The average Bonchev–Trinajstić information content (AvgIpc) is 2.68. The lowest BCUT2D eigenvalue weighted by atomic mass is 10.1. The second-order valence-electron chi connectivity index (χ2n) is 6.06. The second-order valence-corrected chi connectivity index (χ2v) is 6.24. The van der Waals surface area contributed by atoms with Crippen molar-refractivity contribution in [3.63, 3.8) is 0 Å². The van der Waals surface area contributed by atoms with Gasteiger partial charge in [0.25, 0.3) is 0 Å². The Labute approximate surface area is 168 Å². The van der Waals surface area contributed by atoms with Gasteiger partial charge in [0.15, 0.2) is 5.43 Å². The molecule has 0 fully saturated rings. The Morgan fingerprint density at radius 1 is 1.10 bits per heavy atom. The SMILES string of the molecule is O=C(O)c1cc(N=C=S)ccc1Oc1c2ccc(=O)cc-2oc2cc(O)ccc12. The number of carboxylic acids is 1. The molecule has 1 aliphatic heterocycles. The van der Waals surface area contributed by atoms with Crippen LogP contribution in [0.1, 0.15) is 10.4 Å². The first-order valence-corrected chi connectivity index (χ1v) is 8.70. The van der Waals surface area contributed by atoms with Crippen molar-refractivity contribution in [2.45, 2.75) is 0 Å². The molecule has 0 radical (unpaired) electrons. The Balaban J connectivity index is 1.97. The Bertz CT molecular complexity index is 1350. The van der Waals surface area contributed by atoms with Gasteiger partial charge in [-0.05, 0) is 54.7 Å². The van der Waals surface area contributed by atoms with Crippen LogP contribution in [0.15, 0.2) is 68.8 Å². The molecule has 7 nitrogen and oxygen atoms in total. The van der Waals surface area contributed by atoms with E-state index in [1.165, 1.54) is 42.5 Å². The van der Waals surface area contributed by atoms with E-state index >= 15 is 0 Å². The topological polar surface area (TPSA) is 109 Å². The zero-order valence-corrected chi connectivity index (χ0v) is 15.4. The van der Waals surface area contributed by atoms with E-state index in [-0.39, 0.29) is 39.6 Å². The van der Waals surface area contributed by atoms with E-state index in [0.29, 0.717) is 16.6 Å². The van der Waals surface area contributed by atoms with E-state index in [4.69, 9.17) is 9.15 Å². The summed E-state index contributed by atoms with van der Waals surface area (Å²) in [5.41, 5.74) is 0.679. The lowest BCUT2D eigenvalue weighted by Gasteiger charge is -2.16. The minimum atomic E-state index is -1.21. The lowest BCUT2D eigenvalue weighted by molar-refractivity contribution is 0.0694. The number of phenols is 1. The average molecular weight is 405 g/mol. The molecule has 2 aromatic rings. The monoisotopic (exact) mass is 405 g/mol. The van der Waals surface area contributed by atoms with Crippen LogP contribution < -0.4 is 10.2 Å². The van der Waals surface area contributed by atoms with Crippen molar-refractivity contribution < 1.29 is 24.2 Å². The molecule has 2 aliphatic rings. The van der Waals surface area contributed by atoms with E-state index in [2.05, 4.69) is 22.4 Å². The molecule has 2 N–H and O–H groups in total. The number of aromatic carboxylic acids is 1. The highest BCUT2D eigenvalue weighted by molar-refractivity contribution is 7.78. The van der Waals surface area contributed by atoms with Gasteiger partial charge in [-0.1, -0.05) is 0 Å². The molecular formula is C21H11NO6S. The highest BCUT2D eigenvalue weighted by Gasteiger charge is 2.21. The van der Waals surface area contributed by atoms with Gasteiger partial charge < -0.3 is 19.4 Å². The van der Waals surface area contributed by atoms with E-state index in [1.807, 2.05) is 0 Å². The van der Waals surface area contributed by atoms with Crippen LogP contribution in [0.4, 0.5) is 5.69 Å². The maximum Gasteiger partial charge on any atom is 0.339 e. The third-order valence-electron chi connectivity index (χ3n) is 4.21. The summed E-state index contributed by atoms with van der Waals surface area (Å²) >= 11 is 4.56. The third-order valence-corrected chi connectivity index (χ3v) is 4.30. The second kappa shape index (κ2) is 7.20. The number of carbonyl (C=O) groups is 1. The van der Waals surface area contributed by atoms with Crippen LogP contribution in [-0.4, -0.2) is 21.3 Å². The summed E-state index contributed by atoms with van der Waals surface area (Å²) < 4.78 is 11.7. The third kappa shape index (κ3) is 3.45. The molecule has 0 saturated heterocycles. The van der Waals surface area contributed by atoms with Crippen LogP contribution >= 0.6 is 12.2 Å². The van der Waals surface area contributed by atoms with Crippen molar-refractivity contribution in [3.8, 4) is 28.6 Å². The van der Waals surface area contributed by atoms with E-state index in [0.717, 1.165) is 0 Å². The Morgan fingerprint density at radius 3 is 2.69 bits per heavy atom. The summed E-state index contributed by atoms with van der Waals surface area (Å²) in [5.74, 6) is -0.651. The number of ether oxygens (including phenoxy) is 1. The minimum absolute atomic E-state index is 0.0292. The molecule has 4 rings (SSSR count). The molecular weight excluding hydrogens is 394 g/mol. The van der Waals surface area contributed by atoms with Crippen molar-refractivity contribution in [2.75, 3.05) is 0 Å². The molecule has 0 saturated carbocycles. The number of phenolic OH excluding ortho intramolecular Hbond substituents is 1. The van der Waals surface area contributed by atoms with E-state index < -0.39 is 5.97 Å². The van der Waals surface area contributed by atoms with Gasteiger partial charge in [0.05, 0.1) is 21.8 Å². The predicted molar refractivity (Wildman–Crippen MR) is 109 cm³/mol. The number of benzene rings is 3. The molecule has 0 aromatic heterocycles. The quantitative estimate of drug-likeness (QED) is 0.284. The zero-order valence-electron chi connectivity index (χ0n) is 14.6. The molecule has 0 spiro atoms. The summed E-state index contributed by atoms with van der Waals surface area (Å²) in [7, 11) is 0. The number of hydrogen-bond donors (Lipinski definition) is 2. The van der Waals surface area contributed by atoms with Crippen LogP contribution in [0, 0.1) is 0 Å². The smallest absolute Gasteiger partial charge is 0.339 e.